The molecule has 1 heterocycles. The van der Waals surface area contributed by atoms with Crippen molar-refractivity contribution >= 4 is 54.8 Å². The average Bonchev–Trinajstić information content (AvgIpc) is 2.75. The Morgan fingerprint density at radius 3 is 2.60 bits per heavy atom. The number of thiazole rings is 1. The lowest BCUT2D eigenvalue weighted by molar-refractivity contribution is 0.102. The molecule has 20 heavy (non-hydrogen) atoms. The molecule has 0 unspecified atom stereocenters. The van der Waals surface area contributed by atoms with Crippen LogP contribution in [0.2, 0.25) is 0 Å². The first-order chi connectivity index (χ1) is 9.25. The molecular formula is C12H11IN2O3S2. The highest BCUT2D eigenvalue weighted by atomic mass is 127. The molecule has 0 bridgehead atoms. The third-order valence-corrected chi connectivity index (χ3v) is 5.70. The molecule has 5 nitrogen and oxygen atoms in total. The summed E-state index contributed by atoms with van der Waals surface area (Å²) >= 11 is 3.08. The van der Waals surface area contributed by atoms with Crippen molar-refractivity contribution in [2.45, 2.75) is 11.1 Å². The molecule has 0 aliphatic heterocycles. The van der Waals surface area contributed by atoms with Gasteiger partial charge in [0.2, 0.25) is 0 Å². The van der Waals surface area contributed by atoms with Gasteiger partial charge in [-0.3, -0.25) is 10.1 Å². The predicted octanol–water partition coefficient (Wildman–Crippen LogP) is 2.71. The number of nitrogens with one attached hydrogen (secondary N) is 1. The van der Waals surface area contributed by atoms with Gasteiger partial charge in [-0.15, -0.1) is 0 Å². The Balaban J connectivity index is 2.21. The van der Waals surface area contributed by atoms with Crippen LogP contribution in [0.4, 0.5) is 5.13 Å². The molecule has 1 N–H and O–H groups in total. The molecule has 0 saturated carbocycles. The normalized spacial score (nSPS) is 11.3. The summed E-state index contributed by atoms with van der Waals surface area (Å²) in [5.41, 5.74) is 1.50. The molecule has 1 amide bonds. The molecule has 106 valence electrons. The summed E-state index contributed by atoms with van der Waals surface area (Å²) in [5, 5.41) is 2.88. The van der Waals surface area contributed by atoms with Crippen LogP contribution >= 0.6 is 33.9 Å². The highest BCUT2D eigenvalue weighted by molar-refractivity contribution is 14.1. The van der Waals surface area contributed by atoms with Crippen LogP contribution in [-0.4, -0.2) is 25.6 Å². The zero-order valence-electron chi connectivity index (χ0n) is 10.7. The first-order valence-electron chi connectivity index (χ1n) is 5.50. The number of nitrogens with zero attached hydrogens (tertiary/aromatic N) is 1. The number of anilines is 1. The van der Waals surface area contributed by atoms with Gasteiger partial charge in [-0.05, 0) is 53.3 Å². The molecule has 2 aromatic rings. The Bertz CT molecular complexity index is 749. The van der Waals surface area contributed by atoms with Crippen LogP contribution in [0, 0.1) is 10.5 Å². The lowest BCUT2D eigenvalue weighted by Gasteiger charge is -2.03. The van der Waals surface area contributed by atoms with Gasteiger partial charge in [0.15, 0.2) is 15.0 Å². The van der Waals surface area contributed by atoms with Gasteiger partial charge in [0.25, 0.3) is 5.91 Å². The summed E-state index contributed by atoms with van der Waals surface area (Å²) in [4.78, 5) is 16.0. The highest BCUT2D eigenvalue weighted by Crippen LogP contribution is 2.23. The van der Waals surface area contributed by atoms with Gasteiger partial charge >= 0.3 is 0 Å². The summed E-state index contributed by atoms with van der Waals surface area (Å²) in [5.74, 6) is -0.305. The molecule has 0 fully saturated rings. The SMILES string of the molecule is Cc1cc(I)cc(C(=O)Nc2ncc(S(C)(=O)=O)s2)c1. The van der Waals surface area contributed by atoms with Crippen molar-refractivity contribution in [1.82, 2.24) is 4.98 Å². The molecule has 1 aromatic carbocycles. The van der Waals surface area contributed by atoms with Crippen LogP contribution in [0.3, 0.4) is 0 Å². The standard InChI is InChI=1S/C12H11IN2O3S2/c1-7-3-8(5-9(13)4-7)11(16)15-12-14-6-10(19-12)20(2,17)18/h3-6H,1-2H3,(H,14,15,16). The zero-order valence-corrected chi connectivity index (χ0v) is 14.5. The van der Waals surface area contributed by atoms with E-state index in [0.717, 1.165) is 26.7 Å². The maximum Gasteiger partial charge on any atom is 0.257 e. The number of carbonyl (C=O) groups is 1. The maximum absolute atomic E-state index is 12.1. The molecule has 0 atom stereocenters. The van der Waals surface area contributed by atoms with Gasteiger partial charge in [0.05, 0.1) is 6.20 Å². The van der Waals surface area contributed by atoms with E-state index in [9.17, 15) is 13.2 Å². The van der Waals surface area contributed by atoms with Gasteiger partial charge in [-0.1, -0.05) is 11.3 Å². The van der Waals surface area contributed by atoms with Crippen LogP contribution in [0.25, 0.3) is 0 Å². The van der Waals surface area contributed by atoms with Gasteiger partial charge in [-0.25, -0.2) is 13.4 Å². The molecule has 2 rings (SSSR count). The van der Waals surface area contributed by atoms with Crippen LogP contribution < -0.4 is 5.32 Å². The van der Waals surface area contributed by atoms with Crippen molar-refractivity contribution in [3.8, 4) is 0 Å². The molecule has 0 spiro atoms. The zero-order chi connectivity index (χ0) is 14.9. The topological polar surface area (TPSA) is 76.1 Å². The van der Waals surface area contributed by atoms with Crippen LogP contribution in [-0.2, 0) is 9.84 Å². The Morgan fingerprint density at radius 1 is 1.35 bits per heavy atom. The Hall–Kier alpha value is -1.00. The number of hydrogen-bond acceptors (Lipinski definition) is 5. The first kappa shape index (κ1) is 15.4. The van der Waals surface area contributed by atoms with E-state index in [2.05, 4.69) is 32.9 Å². The third kappa shape index (κ3) is 3.76. The van der Waals surface area contributed by atoms with E-state index in [4.69, 9.17) is 0 Å². The lowest BCUT2D eigenvalue weighted by atomic mass is 10.1. The van der Waals surface area contributed by atoms with Gasteiger partial charge in [0, 0.05) is 15.4 Å². The number of carbonyl (C=O) groups excluding carboxylic acids is 1. The van der Waals surface area contributed by atoms with E-state index in [0.29, 0.717) is 5.56 Å². The number of amides is 1. The molecule has 8 heteroatoms. The molecule has 0 radical (unpaired) electrons. The van der Waals surface area contributed by atoms with Gasteiger partial charge in [-0.2, -0.15) is 0 Å². The fourth-order valence-corrected chi connectivity index (χ4v) is 3.98. The predicted molar refractivity (Wildman–Crippen MR) is 87.1 cm³/mol. The van der Waals surface area contributed by atoms with Crippen molar-refractivity contribution in [3.63, 3.8) is 0 Å². The van der Waals surface area contributed by atoms with Crippen molar-refractivity contribution < 1.29 is 13.2 Å². The number of rotatable bonds is 3. The number of benzene rings is 1. The van der Waals surface area contributed by atoms with E-state index in [-0.39, 0.29) is 15.2 Å². The van der Waals surface area contributed by atoms with Crippen molar-refractivity contribution in [3.05, 3.63) is 39.1 Å². The summed E-state index contributed by atoms with van der Waals surface area (Å²) in [6, 6.07) is 5.49. The van der Waals surface area contributed by atoms with E-state index < -0.39 is 9.84 Å². The Kier molecular flexibility index (Phi) is 4.45. The van der Waals surface area contributed by atoms with Crippen LogP contribution in [0.1, 0.15) is 15.9 Å². The van der Waals surface area contributed by atoms with E-state index in [1.165, 1.54) is 6.20 Å². The minimum absolute atomic E-state index is 0.131. The smallest absolute Gasteiger partial charge is 0.257 e. The van der Waals surface area contributed by atoms with Crippen molar-refractivity contribution in [1.29, 1.82) is 0 Å². The summed E-state index contributed by atoms with van der Waals surface area (Å²) < 4.78 is 23.8. The molecular weight excluding hydrogens is 411 g/mol. The number of halogens is 1. The van der Waals surface area contributed by atoms with Gasteiger partial charge in [0.1, 0.15) is 4.21 Å². The van der Waals surface area contributed by atoms with E-state index in [1.54, 1.807) is 12.1 Å². The highest BCUT2D eigenvalue weighted by Gasteiger charge is 2.14. The fraction of sp³-hybridized carbons (Fsp3) is 0.167. The second-order valence-electron chi connectivity index (χ2n) is 4.23. The Morgan fingerprint density at radius 2 is 2.05 bits per heavy atom. The number of aromatic nitrogens is 1. The average molecular weight is 422 g/mol. The Labute approximate surface area is 134 Å². The van der Waals surface area contributed by atoms with Crippen molar-refractivity contribution in [2.75, 3.05) is 11.6 Å². The number of sulfone groups is 1. The molecule has 0 saturated heterocycles. The second-order valence-corrected chi connectivity index (χ2v) is 8.75. The summed E-state index contributed by atoms with van der Waals surface area (Å²) in [6.07, 6.45) is 2.35. The van der Waals surface area contributed by atoms with E-state index in [1.807, 2.05) is 13.0 Å². The molecule has 0 aliphatic rings. The molecule has 0 aliphatic carbocycles. The first-order valence-corrected chi connectivity index (χ1v) is 9.29. The van der Waals surface area contributed by atoms with Crippen molar-refractivity contribution in [2.24, 2.45) is 0 Å². The quantitative estimate of drug-likeness (QED) is 0.772. The maximum atomic E-state index is 12.1. The largest absolute Gasteiger partial charge is 0.298 e. The fourth-order valence-electron chi connectivity index (χ4n) is 1.53. The van der Waals surface area contributed by atoms with Crippen LogP contribution in [0.5, 0.6) is 0 Å². The molecule has 1 aromatic heterocycles. The number of aryl methyl sites for hydroxylation is 1. The number of hydrogen-bond donors (Lipinski definition) is 1. The monoisotopic (exact) mass is 422 g/mol. The minimum atomic E-state index is -3.29. The minimum Gasteiger partial charge on any atom is -0.298 e. The third-order valence-electron chi connectivity index (χ3n) is 2.37. The summed E-state index contributed by atoms with van der Waals surface area (Å²) in [7, 11) is -3.29. The van der Waals surface area contributed by atoms with E-state index >= 15 is 0 Å². The van der Waals surface area contributed by atoms with Gasteiger partial charge < -0.3 is 0 Å². The lowest BCUT2D eigenvalue weighted by Crippen LogP contribution is -2.12. The summed E-state index contributed by atoms with van der Waals surface area (Å²) in [6.45, 7) is 1.91. The van der Waals surface area contributed by atoms with Crippen LogP contribution in [0.15, 0.2) is 28.6 Å². The second kappa shape index (κ2) is 5.78.